The average Bonchev–Trinajstić information content (AvgIpc) is 2.88. The molecule has 0 aliphatic carbocycles. The van der Waals surface area contributed by atoms with Crippen LogP contribution in [0.4, 0.5) is 0 Å². The zero-order valence-electron chi connectivity index (χ0n) is 12.3. The number of nitrogens with zero attached hydrogens (tertiary/aromatic N) is 1. The molecule has 0 radical (unpaired) electrons. The summed E-state index contributed by atoms with van der Waals surface area (Å²) in [6.07, 6.45) is 1.54. The maximum atomic E-state index is 11.8. The lowest BCUT2D eigenvalue weighted by atomic mass is 10.2. The van der Waals surface area contributed by atoms with E-state index < -0.39 is 5.79 Å². The summed E-state index contributed by atoms with van der Waals surface area (Å²) in [6, 6.07) is 3.34. The van der Waals surface area contributed by atoms with Crippen LogP contribution in [-0.2, 0) is 14.3 Å². The Morgan fingerprint density at radius 3 is 2.86 bits per heavy atom. The highest BCUT2D eigenvalue weighted by Crippen LogP contribution is 2.31. The molecule has 0 saturated carbocycles. The van der Waals surface area contributed by atoms with E-state index in [1.807, 2.05) is 22.6 Å². The van der Waals surface area contributed by atoms with Gasteiger partial charge in [0.05, 0.1) is 36.5 Å². The van der Waals surface area contributed by atoms with Crippen molar-refractivity contribution in [2.24, 2.45) is 5.10 Å². The molecule has 0 aromatic heterocycles. The lowest BCUT2D eigenvalue weighted by Gasteiger charge is -2.20. The van der Waals surface area contributed by atoms with E-state index in [-0.39, 0.29) is 18.1 Å². The number of halogens is 1. The first-order valence-corrected chi connectivity index (χ1v) is 7.68. The molecule has 7 nitrogen and oxygen atoms in total. The van der Waals surface area contributed by atoms with E-state index in [1.54, 1.807) is 19.1 Å². The third kappa shape index (κ3) is 4.31. The van der Waals surface area contributed by atoms with Crippen molar-refractivity contribution in [1.82, 2.24) is 5.43 Å². The predicted molar refractivity (Wildman–Crippen MR) is 88.0 cm³/mol. The number of carbonyl (C=O) groups is 1. The summed E-state index contributed by atoms with van der Waals surface area (Å²) in [6.45, 7) is 2.69. The number of hydrazone groups is 1. The van der Waals surface area contributed by atoms with Crippen LogP contribution in [-0.4, -0.2) is 43.3 Å². The van der Waals surface area contributed by atoms with Gasteiger partial charge in [-0.1, -0.05) is 0 Å². The number of rotatable bonds is 5. The standard InChI is InChI=1S/C14H17IN2O5/c1-14(21-3-4-22-14)7-12(18)17-16-8-9-5-10(15)13(19)11(6-9)20-2/h5-6,8,19H,3-4,7H2,1-2H3,(H,17,18)/b16-8-. The molecule has 1 heterocycles. The number of nitrogens with one attached hydrogen (secondary N) is 1. The van der Waals surface area contributed by atoms with Gasteiger partial charge >= 0.3 is 0 Å². The number of methoxy groups -OCH3 is 1. The molecule has 0 unspecified atom stereocenters. The van der Waals surface area contributed by atoms with Crippen molar-refractivity contribution >= 4 is 34.7 Å². The van der Waals surface area contributed by atoms with Crippen LogP contribution in [0.2, 0.25) is 0 Å². The quantitative estimate of drug-likeness (QED) is 0.429. The van der Waals surface area contributed by atoms with E-state index >= 15 is 0 Å². The number of phenols is 1. The number of phenolic OH excluding ortho intramolecular Hbond substituents is 1. The fourth-order valence-corrected chi connectivity index (χ4v) is 2.62. The van der Waals surface area contributed by atoms with Crippen LogP contribution in [0.3, 0.4) is 0 Å². The molecule has 0 spiro atoms. The second-order valence-electron chi connectivity index (χ2n) is 4.85. The number of amides is 1. The van der Waals surface area contributed by atoms with E-state index in [0.717, 1.165) is 0 Å². The maximum Gasteiger partial charge on any atom is 0.245 e. The van der Waals surface area contributed by atoms with Crippen LogP contribution >= 0.6 is 22.6 Å². The SMILES string of the molecule is COc1cc(/C=N\NC(=O)CC2(C)OCCO2)cc(I)c1O. The second kappa shape index (κ2) is 7.25. The third-order valence-corrected chi connectivity index (χ3v) is 3.88. The summed E-state index contributed by atoms with van der Waals surface area (Å²) in [7, 11) is 1.47. The minimum absolute atomic E-state index is 0.0702. The second-order valence-corrected chi connectivity index (χ2v) is 6.02. The molecule has 0 bridgehead atoms. The largest absolute Gasteiger partial charge is 0.504 e. The molecule has 8 heteroatoms. The van der Waals surface area contributed by atoms with Gasteiger partial charge in [-0.2, -0.15) is 5.10 Å². The minimum atomic E-state index is -0.878. The van der Waals surface area contributed by atoms with Gasteiger partial charge in [-0.05, 0) is 47.2 Å². The number of hydrogen-bond acceptors (Lipinski definition) is 6. The van der Waals surface area contributed by atoms with Gasteiger partial charge in [-0.15, -0.1) is 0 Å². The van der Waals surface area contributed by atoms with Crippen molar-refractivity contribution in [2.75, 3.05) is 20.3 Å². The molecule has 1 amide bonds. The van der Waals surface area contributed by atoms with Crippen LogP contribution in [0, 0.1) is 3.57 Å². The van der Waals surface area contributed by atoms with Gasteiger partial charge in [0.15, 0.2) is 17.3 Å². The number of carbonyl (C=O) groups excluding carboxylic acids is 1. The van der Waals surface area contributed by atoms with E-state index in [0.29, 0.717) is 28.1 Å². The first-order valence-electron chi connectivity index (χ1n) is 6.60. The van der Waals surface area contributed by atoms with Crippen molar-refractivity contribution in [3.05, 3.63) is 21.3 Å². The number of aromatic hydroxyl groups is 1. The average molecular weight is 420 g/mol. The Morgan fingerprint density at radius 2 is 2.23 bits per heavy atom. The molecule has 1 fully saturated rings. The van der Waals surface area contributed by atoms with E-state index in [4.69, 9.17) is 14.2 Å². The molecule has 2 rings (SSSR count). The van der Waals surface area contributed by atoms with Crippen molar-refractivity contribution in [3.8, 4) is 11.5 Å². The monoisotopic (exact) mass is 420 g/mol. The summed E-state index contributed by atoms with van der Waals surface area (Å²) >= 11 is 1.99. The van der Waals surface area contributed by atoms with Gasteiger partial charge in [-0.25, -0.2) is 5.43 Å². The molecule has 1 aliphatic heterocycles. The molecule has 1 aliphatic rings. The zero-order chi connectivity index (χ0) is 16.2. The van der Waals surface area contributed by atoms with Gasteiger partial charge < -0.3 is 19.3 Å². The molecule has 22 heavy (non-hydrogen) atoms. The molecule has 1 aromatic rings. The fraction of sp³-hybridized carbons (Fsp3) is 0.429. The van der Waals surface area contributed by atoms with Gasteiger partial charge in [0.25, 0.3) is 0 Å². The van der Waals surface area contributed by atoms with Gasteiger partial charge in [0.1, 0.15) is 0 Å². The number of hydrogen-bond donors (Lipinski definition) is 2. The third-order valence-electron chi connectivity index (χ3n) is 3.05. The van der Waals surface area contributed by atoms with Crippen molar-refractivity contribution in [3.63, 3.8) is 0 Å². The van der Waals surface area contributed by atoms with E-state index in [1.165, 1.54) is 13.3 Å². The summed E-state index contributed by atoms with van der Waals surface area (Å²) in [5, 5.41) is 13.6. The highest BCUT2D eigenvalue weighted by molar-refractivity contribution is 14.1. The van der Waals surface area contributed by atoms with Crippen LogP contribution in [0.5, 0.6) is 11.5 Å². The smallest absolute Gasteiger partial charge is 0.245 e. The maximum absolute atomic E-state index is 11.8. The Morgan fingerprint density at radius 1 is 1.55 bits per heavy atom. The molecule has 1 aromatic carbocycles. The summed E-state index contributed by atoms with van der Waals surface area (Å²) < 4.78 is 16.4. The van der Waals surface area contributed by atoms with E-state index in [9.17, 15) is 9.90 Å². The number of benzene rings is 1. The van der Waals surface area contributed by atoms with Gasteiger partial charge in [0, 0.05) is 0 Å². The molecule has 120 valence electrons. The van der Waals surface area contributed by atoms with Crippen molar-refractivity contribution in [1.29, 1.82) is 0 Å². The summed E-state index contributed by atoms with van der Waals surface area (Å²) in [5.41, 5.74) is 3.11. The Balaban J connectivity index is 1.95. The molecule has 1 saturated heterocycles. The highest BCUT2D eigenvalue weighted by atomic mass is 127. The van der Waals surface area contributed by atoms with Crippen LogP contribution in [0.25, 0.3) is 0 Å². The molecule has 0 atom stereocenters. The van der Waals surface area contributed by atoms with Crippen LogP contribution in [0.1, 0.15) is 18.9 Å². The minimum Gasteiger partial charge on any atom is -0.504 e. The van der Waals surface area contributed by atoms with Crippen LogP contribution < -0.4 is 10.2 Å². The topological polar surface area (TPSA) is 89.4 Å². The Labute approximate surface area is 141 Å². The van der Waals surface area contributed by atoms with Gasteiger partial charge in [0.2, 0.25) is 5.91 Å². The van der Waals surface area contributed by atoms with Crippen LogP contribution in [0.15, 0.2) is 17.2 Å². The lowest BCUT2D eigenvalue weighted by Crippen LogP contribution is -2.33. The Hall–Kier alpha value is -1.39. The molecule has 2 N–H and O–H groups in total. The zero-order valence-corrected chi connectivity index (χ0v) is 14.4. The van der Waals surface area contributed by atoms with Crippen molar-refractivity contribution in [2.45, 2.75) is 19.1 Å². The molecular weight excluding hydrogens is 403 g/mol. The summed E-state index contributed by atoms with van der Waals surface area (Å²) in [4.78, 5) is 11.8. The van der Waals surface area contributed by atoms with Crippen molar-refractivity contribution < 1.29 is 24.1 Å². The predicted octanol–water partition coefficient (Wildman–Crippen LogP) is 1.61. The Kier molecular flexibility index (Phi) is 5.59. The van der Waals surface area contributed by atoms with E-state index in [2.05, 4.69) is 10.5 Å². The highest BCUT2D eigenvalue weighted by Gasteiger charge is 2.33. The van der Waals surface area contributed by atoms with Gasteiger partial charge in [-0.3, -0.25) is 4.79 Å². The first-order chi connectivity index (χ1) is 10.4. The fourth-order valence-electron chi connectivity index (χ4n) is 1.99. The summed E-state index contributed by atoms with van der Waals surface area (Å²) in [5.74, 6) is -0.759. The first kappa shape index (κ1) is 17.0. The Bertz CT molecular complexity index is 585. The molecular formula is C14H17IN2O5. The normalized spacial score (nSPS) is 16.9. The number of ether oxygens (including phenoxy) is 3. The lowest BCUT2D eigenvalue weighted by molar-refractivity contribution is -0.159.